The van der Waals surface area contributed by atoms with Crippen LogP contribution >= 0.6 is 0 Å². The lowest BCUT2D eigenvalue weighted by Crippen LogP contribution is -2.46. The minimum absolute atomic E-state index is 0.0348. The molecule has 0 aromatic heterocycles. The molecular weight excluding hydrogens is 436 g/mol. The lowest BCUT2D eigenvalue weighted by molar-refractivity contribution is -0.138. The second kappa shape index (κ2) is 10.7. The SMILES string of the molecule is CC(CCNC(=O)C1COCC1NC(=O)OCC1c2ccccc2-c2ccccc21)CC(=O)O. The normalized spacial score (nSPS) is 19.7. The number of amides is 2. The van der Waals surface area contributed by atoms with Crippen molar-refractivity contribution in [2.75, 3.05) is 26.4 Å². The first-order chi connectivity index (χ1) is 16.4. The Morgan fingerprint density at radius 3 is 2.35 bits per heavy atom. The van der Waals surface area contributed by atoms with E-state index in [1.54, 1.807) is 0 Å². The first-order valence-electron chi connectivity index (χ1n) is 11.6. The van der Waals surface area contributed by atoms with Gasteiger partial charge in [-0.2, -0.15) is 0 Å². The summed E-state index contributed by atoms with van der Waals surface area (Å²) in [5.74, 6) is -1.66. The van der Waals surface area contributed by atoms with E-state index in [-0.39, 0.29) is 44.0 Å². The third-order valence-electron chi connectivity index (χ3n) is 6.52. The minimum Gasteiger partial charge on any atom is -0.481 e. The van der Waals surface area contributed by atoms with Gasteiger partial charge in [0, 0.05) is 18.9 Å². The number of aliphatic carboxylic acids is 1. The monoisotopic (exact) mass is 466 g/mol. The molecule has 1 saturated heterocycles. The smallest absolute Gasteiger partial charge is 0.407 e. The summed E-state index contributed by atoms with van der Waals surface area (Å²) in [6.07, 6.45) is 0.0510. The van der Waals surface area contributed by atoms with Crippen LogP contribution in [0.2, 0.25) is 0 Å². The Bertz CT molecular complexity index is 1010. The van der Waals surface area contributed by atoms with Crippen LogP contribution in [0.3, 0.4) is 0 Å². The molecule has 1 aliphatic carbocycles. The van der Waals surface area contributed by atoms with Gasteiger partial charge in [-0.05, 0) is 34.6 Å². The number of fused-ring (bicyclic) bond motifs is 3. The van der Waals surface area contributed by atoms with E-state index >= 15 is 0 Å². The van der Waals surface area contributed by atoms with Crippen molar-refractivity contribution >= 4 is 18.0 Å². The van der Waals surface area contributed by atoms with Crippen molar-refractivity contribution in [2.24, 2.45) is 11.8 Å². The highest BCUT2D eigenvalue weighted by molar-refractivity contribution is 5.81. The van der Waals surface area contributed by atoms with E-state index in [2.05, 4.69) is 34.9 Å². The van der Waals surface area contributed by atoms with Crippen LogP contribution < -0.4 is 10.6 Å². The topological polar surface area (TPSA) is 114 Å². The van der Waals surface area contributed by atoms with E-state index < -0.39 is 24.0 Å². The highest BCUT2D eigenvalue weighted by Crippen LogP contribution is 2.44. The number of rotatable bonds is 9. The van der Waals surface area contributed by atoms with Crippen LogP contribution in [0.4, 0.5) is 4.79 Å². The number of ether oxygens (including phenoxy) is 2. The van der Waals surface area contributed by atoms with Gasteiger partial charge in [0.1, 0.15) is 6.61 Å². The zero-order valence-corrected chi connectivity index (χ0v) is 19.2. The Hall–Kier alpha value is -3.39. The number of hydrogen-bond donors (Lipinski definition) is 3. The molecule has 2 aromatic carbocycles. The standard InChI is InChI=1S/C26H30N2O6/c1-16(12-24(29)30)10-11-27-25(31)22-13-33-15-23(22)28-26(32)34-14-21-19-8-4-2-6-17(19)18-7-3-5-9-20(18)21/h2-9,16,21-23H,10-15H2,1H3,(H,27,31)(H,28,32)(H,29,30). The van der Waals surface area contributed by atoms with Gasteiger partial charge in [-0.15, -0.1) is 0 Å². The fourth-order valence-corrected chi connectivity index (χ4v) is 4.72. The number of carboxylic acid groups (broad SMARTS) is 1. The number of nitrogens with one attached hydrogen (secondary N) is 2. The first kappa shape index (κ1) is 23.8. The van der Waals surface area contributed by atoms with Crippen LogP contribution in [-0.4, -0.2) is 55.5 Å². The summed E-state index contributed by atoms with van der Waals surface area (Å²) in [7, 11) is 0. The van der Waals surface area contributed by atoms with E-state index in [1.165, 1.54) is 0 Å². The van der Waals surface area contributed by atoms with E-state index in [0.29, 0.717) is 13.0 Å². The molecule has 3 unspecified atom stereocenters. The van der Waals surface area contributed by atoms with Gasteiger partial charge in [-0.25, -0.2) is 4.79 Å². The predicted molar refractivity (Wildman–Crippen MR) is 125 cm³/mol. The second-order valence-electron chi connectivity index (χ2n) is 9.00. The summed E-state index contributed by atoms with van der Waals surface area (Å²) in [6.45, 7) is 2.86. The van der Waals surface area contributed by atoms with Crippen LogP contribution in [0.1, 0.15) is 36.8 Å². The fourth-order valence-electron chi connectivity index (χ4n) is 4.72. The Morgan fingerprint density at radius 2 is 1.71 bits per heavy atom. The Balaban J connectivity index is 1.28. The number of benzene rings is 2. The number of hydrogen-bond acceptors (Lipinski definition) is 5. The molecule has 34 heavy (non-hydrogen) atoms. The maximum atomic E-state index is 12.6. The lowest BCUT2D eigenvalue weighted by Gasteiger charge is -2.20. The van der Waals surface area contributed by atoms with Crippen molar-refractivity contribution in [1.29, 1.82) is 0 Å². The zero-order chi connectivity index (χ0) is 24.1. The average Bonchev–Trinajstić information content (AvgIpc) is 3.39. The molecule has 8 nitrogen and oxygen atoms in total. The van der Waals surface area contributed by atoms with Crippen LogP contribution in [0.15, 0.2) is 48.5 Å². The molecule has 1 aliphatic heterocycles. The maximum Gasteiger partial charge on any atom is 0.407 e. The highest BCUT2D eigenvalue weighted by Gasteiger charge is 2.36. The van der Waals surface area contributed by atoms with Crippen molar-refractivity contribution in [3.05, 3.63) is 59.7 Å². The molecule has 0 radical (unpaired) electrons. The van der Waals surface area contributed by atoms with Gasteiger partial charge in [0.05, 0.1) is 25.2 Å². The summed E-state index contributed by atoms with van der Waals surface area (Å²) >= 11 is 0. The van der Waals surface area contributed by atoms with Gasteiger partial charge in [-0.3, -0.25) is 9.59 Å². The van der Waals surface area contributed by atoms with Crippen LogP contribution in [0, 0.1) is 11.8 Å². The quantitative estimate of drug-likeness (QED) is 0.523. The molecule has 2 aromatic rings. The molecule has 3 N–H and O–H groups in total. The van der Waals surface area contributed by atoms with Gasteiger partial charge in [-0.1, -0.05) is 55.5 Å². The molecule has 0 saturated carbocycles. The third kappa shape index (κ3) is 5.39. The largest absolute Gasteiger partial charge is 0.481 e. The Labute approximate surface area is 198 Å². The van der Waals surface area contributed by atoms with Gasteiger partial charge >= 0.3 is 12.1 Å². The summed E-state index contributed by atoms with van der Waals surface area (Å²) in [6, 6.07) is 15.8. The number of alkyl carbamates (subject to hydrolysis) is 1. The van der Waals surface area contributed by atoms with E-state index in [4.69, 9.17) is 14.6 Å². The second-order valence-corrected chi connectivity index (χ2v) is 9.00. The van der Waals surface area contributed by atoms with Crippen molar-refractivity contribution in [3.63, 3.8) is 0 Å². The fraction of sp³-hybridized carbons (Fsp3) is 0.423. The molecule has 3 atom stereocenters. The molecule has 2 aliphatic rings. The summed E-state index contributed by atoms with van der Waals surface area (Å²) in [4.78, 5) is 35.9. The van der Waals surface area contributed by atoms with Crippen LogP contribution in [-0.2, 0) is 19.1 Å². The summed E-state index contributed by atoms with van der Waals surface area (Å²) < 4.78 is 11.0. The summed E-state index contributed by atoms with van der Waals surface area (Å²) in [5, 5.41) is 14.4. The van der Waals surface area contributed by atoms with E-state index in [0.717, 1.165) is 22.3 Å². The van der Waals surface area contributed by atoms with Crippen molar-refractivity contribution in [3.8, 4) is 11.1 Å². The average molecular weight is 467 g/mol. The van der Waals surface area contributed by atoms with Crippen LogP contribution in [0.25, 0.3) is 11.1 Å². The molecular formula is C26H30N2O6. The van der Waals surface area contributed by atoms with E-state index in [9.17, 15) is 14.4 Å². The van der Waals surface area contributed by atoms with Crippen LogP contribution in [0.5, 0.6) is 0 Å². The maximum absolute atomic E-state index is 12.6. The number of carboxylic acids is 1. The molecule has 8 heteroatoms. The highest BCUT2D eigenvalue weighted by atomic mass is 16.5. The van der Waals surface area contributed by atoms with Crippen molar-refractivity contribution in [1.82, 2.24) is 10.6 Å². The molecule has 0 spiro atoms. The first-order valence-corrected chi connectivity index (χ1v) is 11.6. The van der Waals surface area contributed by atoms with Crippen molar-refractivity contribution in [2.45, 2.75) is 31.7 Å². The molecule has 0 bridgehead atoms. The predicted octanol–water partition coefficient (Wildman–Crippen LogP) is 3.16. The van der Waals surface area contributed by atoms with Gasteiger partial charge in [0.15, 0.2) is 0 Å². The Kier molecular flexibility index (Phi) is 7.47. The zero-order valence-electron chi connectivity index (χ0n) is 19.2. The molecule has 1 heterocycles. The van der Waals surface area contributed by atoms with Gasteiger partial charge in [0.25, 0.3) is 0 Å². The molecule has 4 rings (SSSR count). The van der Waals surface area contributed by atoms with Gasteiger partial charge < -0.3 is 25.2 Å². The van der Waals surface area contributed by atoms with Crippen molar-refractivity contribution < 1.29 is 29.0 Å². The third-order valence-corrected chi connectivity index (χ3v) is 6.52. The number of carbonyl (C=O) groups is 3. The molecule has 2 amide bonds. The Morgan fingerprint density at radius 1 is 1.06 bits per heavy atom. The van der Waals surface area contributed by atoms with Gasteiger partial charge in [0.2, 0.25) is 5.91 Å². The summed E-state index contributed by atoms with van der Waals surface area (Å²) in [5.41, 5.74) is 4.58. The lowest BCUT2D eigenvalue weighted by atomic mass is 9.98. The number of carbonyl (C=O) groups excluding carboxylic acids is 2. The molecule has 180 valence electrons. The molecule has 1 fully saturated rings. The van der Waals surface area contributed by atoms with E-state index in [1.807, 2.05) is 31.2 Å². The minimum atomic E-state index is -0.852.